The smallest absolute Gasteiger partial charge is 0.334 e. The third kappa shape index (κ3) is 2.24. The van der Waals surface area contributed by atoms with Gasteiger partial charge < -0.3 is 9.40 Å². The molecule has 3 rings (SSSR count). The lowest BCUT2D eigenvalue weighted by molar-refractivity contribution is -0.145. The van der Waals surface area contributed by atoms with Crippen molar-refractivity contribution in [3.63, 3.8) is 0 Å². The second kappa shape index (κ2) is 4.70. The van der Waals surface area contributed by atoms with E-state index in [-0.39, 0.29) is 11.9 Å². The van der Waals surface area contributed by atoms with Gasteiger partial charge in [0.1, 0.15) is 5.15 Å². The topological polar surface area (TPSA) is 43.6 Å². The monoisotopic (exact) mass is 276 g/mol. The maximum absolute atomic E-state index is 11.4. The van der Waals surface area contributed by atoms with E-state index in [0.717, 1.165) is 29.3 Å². The number of rotatable bonds is 3. The van der Waals surface area contributed by atoms with Crippen molar-refractivity contribution in [2.75, 3.05) is 0 Å². The lowest BCUT2D eigenvalue weighted by Gasteiger charge is -1.95. The molecule has 1 aliphatic rings. The molecular weight excluding hydrogens is 264 g/mol. The summed E-state index contributed by atoms with van der Waals surface area (Å²) < 4.78 is 1.88. The fraction of sp³-hybridized carbons (Fsp3) is 0.286. The highest BCUT2D eigenvalue weighted by atomic mass is 35.5. The van der Waals surface area contributed by atoms with Gasteiger partial charge in [-0.15, -0.1) is 0 Å². The molecule has 0 spiro atoms. The Kier molecular flexibility index (Phi) is 3.03. The third-order valence-electron chi connectivity index (χ3n) is 3.31. The summed E-state index contributed by atoms with van der Waals surface area (Å²) in [6, 6.07) is 7.83. The largest absolute Gasteiger partial charge is 0.338 e. The van der Waals surface area contributed by atoms with Gasteiger partial charge in [-0.1, -0.05) is 35.0 Å². The minimum atomic E-state index is -0.257. The number of fused-ring (bicyclic) bond motifs is 1. The zero-order valence-corrected chi connectivity index (χ0v) is 11.2. The number of hydrogen-bond donors (Lipinski definition) is 0. The van der Waals surface area contributed by atoms with Crippen LogP contribution in [0.25, 0.3) is 10.9 Å². The number of aromatic nitrogens is 1. The minimum Gasteiger partial charge on any atom is -0.334 e. The van der Waals surface area contributed by atoms with Gasteiger partial charge in [0, 0.05) is 23.5 Å². The van der Waals surface area contributed by atoms with E-state index < -0.39 is 0 Å². The highest BCUT2D eigenvalue weighted by molar-refractivity contribution is 6.34. The SMILES string of the molecule is Cn1c(Cl)c(C=NOC(=O)C2CC2)c2ccccc21. The van der Waals surface area contributed by atoms with Gasteiger partial charge in [0.2, 0.25) is 0 Å². The Hall–Kier alpha value is -1.81. The molecule has 0 saturated heterocycles. The maximum atomic E-state index is 11.4. The van der Waals surface area contributed by atoms with Crippen LogP contribution >= 0.6 is 11.6 Å². The van der Waals surface area contributed by atoms with Gasteiger partial charge in [0.25, 0.3) is 0 Å². The van der Waals surface area contributed by atoms with Gasteiger partial charge in [-0.2, -0.15) is 0 Å². The second-order valence-corrected chi connectivity index (χ2v) is 5.06. The summed E-state index contributed by atoms with van der Waals surface area (Å²) in [7, 11) is 1.89. The van der Waals surface area contributed by atoms with Crippen LogP contribution in [-0.2, 0) is 16.7 Å². The number of para-hydroxylation sites is 1. The van der Waals surface area contributed by atoms with E-state index in [4.69, 9.17) is 16.4 Å². The van der Waals surface area contributed by atoms with Gasteiger partial charge in [0.05, 0.1) is 12.1 Å². The van der Waals surface area contributed by atoms with Gasteiger partial charge in [-0.3, -0.25) is 0 Å². The van der Waals surface area contributed by atoms with Gasteiger partial charge in [0.15, 0.2) is 0 Å². The first-order valence-electron chi connectivity index (χ1n) is 6.15. The zero-order chi connectivity index (χ0) is 13.4. The molecule has 1 heterocycles. The zero-order valence-electron chi connectivity index (χ0n) is 10.5. The second-order valence-electron chi connectivity index (χ2n) is 4.70. The van der Waals surface area contributed by atoms with Crippen LogP contribution in [0.5, 0.6) is 0 Å². The Morgan fingerprint density at radius 3 is 2.95 bits per heavy atom. The van der Waals surface area contributed by atoms with Crippen molar-refractivity contribution in [3.8, 4) is 0 Å². The van der Waals surface area contributed by atoms with Crippen LogP contribution in [0.4, 0.5) is 0 Å². The number of carbonyl (C=O) groups excluding carboxylic acids is 1. The van der Waals surface area contributed by atoms with Gasteiger partial charge >= 0.3 is 5.97 Å². The summed E-state index contributed by atoms with van der Waals surface area (Å²) in [4.78, 5) is 16.2. The number of aryl methyl sites for hydroxylation is 1. The fourth-order valence-electron chi connectivity index (χ4n) is 2.04. The number of nitrogens with zero attached hydrogens (tertiary/aromatic N) is 2. The standard InChI is InChI=1S/C14H13ClN2O2/c1-17-12-5-3-2-4-10(12)11(13(17)15)8-16-19-14(18)9-6-7-9/h2-5,8-9H,6-7H2,1H3. The first-order valence-corrected chi connectivity index (χ1v) is 6.53. The van der Waals surface area contributed by atoms with Gasteiger partial charge in [-0.25, -0.2) is 4.79 Å². The van der Waals surface area contributed by atoms with E-state index in [2.05, 4.69) is 5.16 Å². The average molecular weight is 277 g/mol. The molecule has 0 unspecified atom stereocenters. The van der Waals surface area contributed by atoms with Crippen molar-refractivity contribution >= 4 is 34.7 Å². The average Bonchev–Trinajstić information content (AvgIpc) is 3.23. The van der Waals surface area contributed by atoms with Crippen LogP contribution in [0.15, 0.2) is 29.4 Å². The van der Waals surface area contributed by atoms with Crippen LogP contribution in [0.2, 0.25) is 5.15 Å². The van der Waals surface area contributed by atoms with Crippen molar-refractivity contribution in [1.82, 2.24) is 4.57 Å². The minimum absolute atomic E-state index is 0.0418. The molecule has 1 aromatic carbocycles. The van der Waals surface area contributed by atoms with Gasteiger partial charge in [-0.05, 0) is 18.9 Å². The molecule has 1 aliphatic carbocycles. The molecule has 98 valence electrons. The Bertz CT molecular complexity index is 671. The fourth-order valence-corrected chi connectivity index (χ4v) is 2.28. The molecular formula is C14H13ClN2O2. The number of carbonyl (C=O) groups is 1. The van der Waals surface area contributed by atoms with E-state index in [9.17, 15) is 4.79 Å². The van der Waals surface area contributed by atoms with E-state index in [1.165, 1.54) is 6.21 Å². The molecule has 1 saturated carbocycles. The Morgan fingerprint density at radius 2 is 2.21 bits per heavy atom. The summed E-state index contributed by atoms with van der Waals surface area (Å²) in [5, 5.41) is 5.32. The molecule has 0 bridgehead atoms. The summed E-state index contributed by atoms with van der Waals surface area (Å²) >= 11 is 6.26. The van der Waals surface area contributed by atoms with Crippen molar-refractivity contribution in [2.24, 2.45) is 18.1 Å². The van der Waals surface area contributed by atoms with Crippen LogP contribution in [0, 0.1) is 5.92 Å². The number of benzene rings is 1. The molecule has 0 radical (unpaired) electrons. The first kappa shape index (κ1) is 12.2. The normalized spacial score (nSPS) is 15.3. The van der Waals surface area contributed by atoms with Crippen molar-refractivity contribution < 1.29 is 9.63 Å². The van der Waals surface area contributed by atoms with Crippen LogP contribution < -0.4 is 0 Å². The van der Waals surface area contributed by atoms with Crippen LogP contribution in [0.1, 0.15) is 18.4 Å². The molecule has 0 atom stereocenters. The Balaban J connectivity index is 1.89. The predicted molar refractivity (Wildman–Crippen MR) is 74.3 cm³/mol. The van der Waals surface area contributed by atoms with Crippen molar-refractivity contribution in [2.45, 2.75) is 12.8 Å². The number of oxime groups is 1. The van der Waals surface area contributed by atoms with E-state index in [0.29, 0.717) is 5.15 Å². The molecule has 19 heavy (non-hydrogen) atoms. The van der Waals surface area contributed by atoms with Crippen molar-refractivity contribution in [3.05, 3.63) is 35.0 Å². The number of hydrogen-bond acceptors (Lipinski definition) is 3. The summed E-state index contributed by atoms with van der Waals surface area (Å²) in [5.74, 6) is -0.215. The third-order valence-corrected chi connectivity index (χ3v) is 3.76. The lowest BCUT2D eigenvalue weighted by atomic mass is 10.2. The van der Waals surface area contributed by atoms with Crippen LogP contribution in [0.3, 0.4) is 0 Å². The molecule has 2 aromatic rings. The lowest BCUT2D eigenvalue weighted by Crippen LogP contribution is -2.01. The quantitative estimate of drug-likeness (QED) is 0.491. The molecule has 5 heteroatoms. The predicted octanol–water partition coefficient (Wildman–Crippen LogP) is 3.12. The summed E-state index contributed by atoms with van der Waals surface area (Å²) in [6.07, 6.45) is 3.32. The molecule has 1 fully saturated rings. The highest BCUT2D eigenvalue weighted by Crippen LogP contribution is 2.30. The molecule has 0 N–H and O–H groups in total. The van der Waals surface area contributed by atoms with E-state index >= 15 is 0 Å². The molecule has 0 amide bonds. The Labute approximate surface area is 115 Å². The maximum Gasteiger partial charge on any atom is 0.338 e. The first-order chi connectivity index (χ1) is 9.18. The van der Waals surface area contributed by atoms with E-state index in [1.54, 1.807) is 0 Å². The number of halogens is 1. The molecule has 0 aliphatic heterocycles. The summed E-state index contributed by atoms with van der Waals surface area (Å²) in [5.41, 5.74) is 1.78. The highest BCUT2D eigenvalue weighted by Gasteiger charge is 2.31. The Morgan fingerprint density at radius 1 is 1.47 bits per heavy atom. The van der Waals surface area contributed by atoms with Crippen molar-refractivity contribution in [1.29, 1.82) is 0 Å². The molecule has 4 nitrogen and oxygen atoms in total. The van der Waals surface area contributed by atoms with E-state index in [1.807, 2.05) is 35.9 Å². The summed E-state index contributed by atoms with van der Waals surface area (Å²) in [6.45, 7) is 0. The van der Waals surface area contributed by atoms with Crippen LogP contribution in [-0.4, -0.2) is 16.8 Å². The molecule has 1 aromatic heterocycles.